The van der Waals surface area contributed by atoms with Gasteiger partial charge in [0.15, 0.2) is 5.65 Å². The SMILES string of the molecule is CCc1nc(NCCC2CCCN(C)C2)nc2c1[nH]c(=O)c1c(C)nc(CC)n12. The molecule has 0 aliphatic carbocycles. The van der Waals surface area contributed by atoms with E-state index in [0.29, 0.717) is 17.0 Å². The van der Waals surface area contributed by atoms with Crippen LogP contribution in [0.15, 0.2) is 4.79 Å². The van der Waals surface area contributed by atoms with Crippen molar-refractivity contribution in [2.75, 3.05) is 32.0 Å². The first-order valence-corrected chi connectivity index (χ1v) is 10.7. The molecule has 0 saturated carbocycles. The molecule has 4 heterocycles. The highest BCUT2D eigenvalue weighted by Crippen LogP contribution is 2.21. The highest BCUT2D eigenvalue weighted by Gasteiger charge is 2.19. The van der Waals surface area contributed by atoms with Crippen molar-refractivity contribution in [1.82, 2.24) is 29.2 Å². The first-order chi connectivity index (χ1) is 14.0. The van der Waals surface area contributed by atoms with Crippen LogP contribution < -0.4 is 10.9 Å². The molecule has 0 aromatic carbocycles. The molecule has 29 heavy (non-hydrogen) atoms. The Kier molecular flexibility index (Phi) is 5.54. The van der Waals surface area contributed by atoms with Crippen molar-refractivity contribution in [2.24, 2.45) is 5.92 Å². The number of aromatic nitrogens is 5. The van der Waals surface area contributed by atoms with Crippen molar-refractivity contribution in [2.45, 2.75) is 52.9 Å². The van der Waals surface area contributed by atoms with Crippen LogP contribution in [0.5, 0.6) is 0 Å². The second-order valence-corrected chi connectivity index (χ2v) is 8.14. The van der Waals surface area contributed by atoms with Gasteiger partial charge in [-0.2, -0.15) is 4.98 Å². The van der Waals surface area contributed by atoms with Gasteiger partial charge in [-0.1, -0.05) is 13.8 Å². The van der Waals surface area contributed by atoms with Crippen molar-refractivity contribution in [3.8, 4) is 0 Å². The topological polar surface area (TPSA) is 91.2 Å². The molecule has 1 atom stereocenters. The summed E-state index contributed by atoms with van der Waals surface area (Å²) >= 11 is 0. The lowest BCUT2D eigenvalue weighted by molar-refractivity contribution is 0.205. The minimum atomic E-state index is -0.136. The third kappa shape index (κ3) is 3.73. The lowest BCUT2D eigenvalue weighted by Gasteiger charge is -2.29. The summed E-state index contributed by atoms with van der Waals surface area (Å²) in [5.41, 5.74) is 3.45. The third-order valence-corrected chi connectivity index (χ3v) is 5.96. The number of nitrogens with one attached hydrogen (secondary N) is 2. The number of nitrogens with zero attached hydrogens (tertiary/aromatic N) is 5. The first kappa shape index (κ1) is 19.8. The molecule has 0 radical (unpaired) electrons. The molecule has 1 unspecified atom stereocenters. The molecular weight excluding hydrogens is 366 g/mol. The predicted molar refractivity (Wildman–Crippen MR) is 116 cm³/mol. The zero-order chi connectivity index (χ0) is 20.5. The number of fused-ring (bicyclic) bond motifs is 3. The maximum Gasteiger partial charge on any atom is 0.274 e. The molecule has 1 aliphatic heterocycles. The second-order valence-electron chi connectivity index (χ2n) is 8.14. The van der Waals surface area contributed by atoms with Gasteiger partial charge >= 0.3 is 0 Å². The van der Waals surface area contributed by atoms with Crippen LogP contribution in [0.25, 0.3) is 16.7 Å². The highest BCUT2D eigenvalue weighted by molar-refractivity contribution is 5.78. The van der Waals surface area contributed by atoms with Crippen LogP contribution in [0.2, 0.25) is 0 Å². The van der Waals surface area contributed by atoms with E-state index in [0.717, 1.165) is 61.1 Å². The fourth-order valence-electron chi connectivity index (χ4n) is 4.51. The van der Waals surface area contributed by atoms with Gasteiger partial charge in [-0.15, -0.1) is 0 Å². The number of imidazole rings is 1. The Bertz CT molecular complexity index is 1080. The van der Waals surface area contributed by atoms with E-state index < -0.39 is 0 Å². The Morgan fingerprint density at radius 1 is 1.21 bits per heavy atom. The van der Waals surface area contributed by atoms with Gasteiger partial charge in [-0.25, -0.2) is 9.97 Å². The number of anilines is 1. The minimum Gasteiger partial charge on any atom is -0.354 e. The molecule has 8 heteroatoms. The van der Waals surface area contributed by atoms with E-state index in [2.05, 4.69) is 27.2 Å². The van der Waals surface area contributed by atoms with Crippen molar-refractivity contribution >= 4 is 22.6 Å². The molecule has 1 fully saturated rings. The van der Waals surface area contributed by atoms with Crippen molar-refractivity contribution < 1.29 is 0 Å². The summed E-state index contributed by atoms with van der Waals surface area (Å²) in [5.74, 6) is 2.20. The molecule has 4 rings (SSSR count). The number of likely N-dealkylation sites (tertiary alicyclic amines) is 1. The molecule has 1 aliphatic rings. The van der Waals surface area contributed by atoms with Crippen LogP contribution in [0.4, 0.5) is 5.95 Å². The number of aryl methyl sites for hydroxylation is 3. The zero-order valence-electron chi connectivity index (χ0n) is 17.9. The second kappa shape index (κ2) is 8.10. The first-order valence-electron chi connectivity index (χ1n) is 10.7. The smallest absolute Gasteiger partial charge is 0.274 e. The molecule has 2 N–H and O–H groups in total. The summed E-state index contributed by atoms with van der Waals surface area (Å²) in [6.07, 6.45) is 5.13. The van der Waals surface area contributed by atoms with Crippen LogP contribution in [0.3, 0.4) is 0 Å². The largest absolute Gasteiger partial charge is 0.354 e. The normalized spacial score (nSPS) is 18.0. The fraction of sp³-hybridized carbons (Fsp3) is 0.619. The molecule has 0 amide bonds. The lowest BCUT2D eigenvalue weighted by atomic mass is 9.95. The molecule has 156 valence electrons. The van der Waals surface area contributed by atoms with Gasteiger partial charge in [0.1, 0.15) is 16.9 Å². The molecule has 1 saturated heterocycles. The average molecular weight is 398 g/mol. The molecule has 3 aromatic heterocycles. The van der Waals surface area contributed by atoms with Gasteiger partial charge < -0.3 is 15.2 Å². The molecule has 0 spiro atoms. The average Bonchev–Trinajstić information content (AvgIpc) is 3.05. The van der Waals surface area contributed by atoms with E-state index in [9.17, 15) is 4.79 Å². The number of rotatable bonds is 6. The minimum absolute atomic E-state index is 0.136. The van der Waals surface area contributed by atoms with Gasteiger partial charge in [0.25, 0.3) is 5.56 Å². The monoisotopic (exact) mass is 397 g/mol. The summed E-state index contributed by atoms with van der Waals surface area (Å²) in [5, 5.41) is 3.43. The van der Waals surface area contributed by atoms with Crippen molar-refractivity contribution in [3.63, 3.8) is 0 Å². The van der Waals surface area contributed by atoms with E-state index in [4.69, 9.17) is 9.97 Å². The standard InChI is InChI=1S/C21H31N7O/c1-5-15-17-19(28-16(6-2)23-13(3)18(28)20(29)25-17)26-21(24-15)22-10-9-14-8-7-11-27(4)12-14/h14H,5-12H2,1-4H3,(H,25,29)(H,22,24,26). The number of H-pyrrole nitrogens is 1. The van der Waals surface area contributed by atoms with Crippen LogP contribution in [-0.2, 0) is 12.8 Å². The summed E-state index contributed by atoms with van der Waals surface area (Å²) in [7, 11) is 2.20. The van der Waals surface area contributed by atoms with Gasteiger partial charge in [0.2, 0.25) is 5.95 Å². The van der Waals surface area contributed by atoms with E-state index >= 15 is 0 Å². The maximum atomic E-state index is 12.7. The third-order valence-electron chi connectivity index (χ3n) is 5.96. The quantitative estimate of drug-likeness (QED) is 0.664. The zero-order valence-corrected chi connectivity index (χ0v) is 17.9. The van der Waals surface area contributed by atoms with E-state index in [-0.39, 0.29) is 5.56 Å². The van der Waals surface area contributed by atoms with E-state index in [1.54, 1.807) is 0 Å². The number of hydrogen-bond donors (Lipinski definition) is 2. The van der Waals surface area contributed by atoms with Gasteiger partial charge in [-0.05, 0) is 52.1 Å². The summed E-state index contributed by atoms with van der Waals surface area (Å²) < 4.78 is 1.91. The Balaban J connectivity index is 1.69. The molecule has 3 aromatic rings. The Morgan fingerprint density at radius 2 is 2.03 bits per heavy atom. The summed E-state index contributed by atoms with van der Waals surface area (Å²) in [6, 6.07) is 0. The molecule has 0 bridgehead atoms. The molecular formula is C21H31N7O. The summed E-state index contributed by atoms with van der Waals surface area (Å²) in [4.78, 5) is 32.2. The van der Waals surface area contributed by atoms with E-state index in [1.807, 2.05) is 25.2 Å². The van der Waals surface area contributed by atoms with Crippen molar-refractivity contribution in [3.05, 3.63) is 27.6 Å². The Morgan fingerprint density at radius 3 is 2.76 bits per heavy atom. The van der Waals surface area contributed by atoms with Crippen LogP contribution in [-0.4, -0.2) is 55.9 Å². The summed E-state index contributed by atoms with van der Waals surface area (Å²) in [6.45, 7) is 9.18. The number of piperidine rings is 1. The van der Waals surface area contributed by atoms with E-state index in [1.165, 1.54) is 19.4 Å². The number of hydrogen-bond acceptors (Lipinski definition) is 6. The number of aromatic amines is 1. The Labute approximate surface area is 170 Å². The van der Waals surface area contributed by atoms with Crippen LogP contribution in [0.1, 0.15) is 50.3 Å². The highest BCUT2D eigenvalue weighted by atomic mass is 16.1. The lowest BCUT2D eigenvalue weighted by Crippen LogP contribution is -2.32. The van der Waals surface area contributed by atoms with Gasteiger partial charge in [0, 0.05) is 19.5 Å². The fourth-order valence-corrected chi connectivity index (χ4v) is 4.51. The van der Waals surface area contributed by atoms with Crippen molar-refractivity contribution in [1.29, 1.82) is 0 Å². The maximum absolute atomic E-state index is 12.7. The van der Waals surface area contributed by atoms with Gasteiger partial charge in [0.05, 0.1) is 11.4 Å². The van der Waals surface area contributed by atoms with Gasteiger partial charge in [-0.3, -0.25) is 9.20 Å². The molecule has 8 nitrogen and oxygen atoms in total. The Hall–Kier alpha value is -2.48. The van der Waals surface area contributed by atoms with Crippen LogP contribution in [0, 0.1) is 12.8 Å². The predicted octanol–water partition coefficient (Wildman–Crippen LogP) is 2.54. The van der Waals surface area contributed by atoms with Crippen LogP contribution >= 0.6 is 0 Å².